The van der Waals surface area contributed by atoms with Crippen LogP contribution in [-0.4, -0.2) is 30.4 Å². The molecule has 1 aromatic carbocycles. The van der Waals surface area contributed by atoms with Crippen LogP contribution in [0, 0.1) is 0 Å². The molecule has 0 fully saturated rings. The first kappa shape index (κ1) is 18.5. The zero-order chi connectivity index (χ0) is 16.0. The number of para-hydroxylation sites is 1. The Labute approximate surface area is 133 Å². The standard InChI is InChI=1S/C18H28O4/c1-2-3-4-5-6-10-13-17(18(19)20)22-15-14-21-16-11-8-7-9-12-16/h7-9,11-12,17H,2-6,10,13-15H2,1H3,(H,19,20). The lowest BCUT2D eigenvalue weighted by atomic mass is 10.1. The number of carbonyl (C=O) groups is 1. The van der Waals surface area contributed by atoms with E-state index in [-0.39, 0.29) is 0 Å². The molecule has 0 radical (unpaired) electrons. The van der Waals surface area contributed by atoms with E-state index in [0.29, 0.717) is 19.6 Å². The fourth-order valence-corrected chi connectivity index (χ4v) is 2.25. The van der Waals surface area contributed by atoms with Gasteiger partial charge >= 0.3 is 5.97 Å². The number of rotatable bonds is 13. The summed E-state index contributed by atoms with van der Waals surface area (Å²) in [4.78, 5) is 11.2. The second kappa shape index (κ2) is 12.0. The number of aliphatic carboxylic acids is 1. The molecule has 0 bridgehead atoms. The third-order valence-electron chi connectivity index (χ3n) is 3.51. The minimum atomic E-state index is -0.881. The van der Waals surface area contributed by atoms with Crippen molar-refractivity contribution in [2.24, 2.45) is 0 Å². The molecule has 1 rings (SSSR count). The van der Waals surface area contributed by atoms with E-state index in [1.54, 1.807) is 0 Å². The quantitative estimate of drug-likeness (QED) is 0.552. The topological polar surface area (TPSA) is 55.8 Å². The van der Waals surface area contributed by atoms with E-state index in [1.807, 2.05) is 30.3 Å². The third kappa shape index (κ3) is 8.67. The maximum atomic E-state index is 11.2. The summed E-state index contributed by atoms with van der Waals surface area (Å²) in [6.45, 7) is 2.85. The maximum absolute atomic E-state index is 11.2. The van der Waals surface area contributed by atoms with Crippen molar-refractivity contribution in [2.45, 2.75) is 58.0 Å². The number of carboxylic acids is 1. The van der Waals surface area contributed by atoms with Crippen LogP contribution in [0.25, 0.3) is 0 Å². The monoisotopic (exact) mass is 308 g/mol. The summed E-state index contributed by atoms with van der Waals surface area (Å²) < 4.78 is 10.9. The van der Waals surface area contributed by atoms with Crippen molar-refractivity contribution < 1.29 is 19.4 Å². The van der Waals surface area contributed by atoms with E-state index in [0.717, 1.165) is 18.6 Å². The average molecular weight is 308 g/mol. The number of unbranched alkanes of at least 4 members (excludes halogenated alkanes) is 5. The molecule has 4 heteroatoms. The zero-order valence-corrected chi connectivity index (χ0v) is 13.5. The Bertz CT molecular complexity index is 391. The highest BCUT2D eigenvalue weighted by Crippen LogP contribution is 2.11. The lowest BCUT2D eigenvalue weighted by Gasteiger charge is -2.14. The van der Waals surface area contributed by atoms with Crippen LogP contribution in [0.4, 0.5) is 0 Å². The molecule has 1 aromatic rings. The highest BCUT2D eigenvalue weighted by molar-refractivity contribution is 5.72. The van der Waals surface area contributed by atoms with Gasteiger partial charge in [-0.3, -0.25) is 0 Å². The second-order valence-electron chi connectivity index (χ2n) is 5.42. The molecule has 1 N–H and O–H groups in total. The van der Waals surface area contributed by atoms with Gasteiger partial charge in [0.15, 0.2) is 6.10 Å². The Hall–Kier alpha value is -1.55. The number of benzene rings is 1. The first-order valence-corrected chi connectivity index (χ1v) is 8.26. The van der Waals surface area contributed by atoms with Crippen molar-refractivity contribution >= 4 is 5.97 Å². The predicted molar refractivity (Wildman–Crippen MR) is 87.3 cm³/mol. The van der Waals surface area contributed by atoms with Crippen molar-refractivity contribution in [1.29, 1.82) is 0 Å². The Morgan fingerprint density at radius 1 is 1.05 bits per heavy atom. The molecule has 0 saturated carbocycles. The molecule has 0 amide bonds. The highest BCUT2D eigenvalue weighted by Gasteiger charge is 2.17. The van der Waals surface area contributed by atoms with E-state index in [2.05, 4.69) is 6.92 Å². The summed E-state index contributed by atoms with van der Waals surface area (Å²) in [7, 11) is 0. The Kier molecular flexibility index (Phi) is 10.1. The highest BCUT2D eigenvalue weighted by atomic mass is 16.5. The van der Waals surface area contributed by atoms with Gasteiger partial charge in [-0.1, -0.05) is 63.6 Å². The fourth-order valence-electron chi connectivity index (χ4n) is 2.25. The zero-order valence-electron chi connectivity index (χ0n) is 13.5. The molecule has 0 aliphatic carbocycles. The summed E-state index contributed by atoms with van der Waals surface area (Å²) in [5.41, 5.74) is 0. The van der Waals surface area contributed by atoms with Gasteiger partial charge in [0.2, 0.25) is 0 Å². The van der Waals surface area contributed by atoms with Crippen LogP contribution in [0.5, 0.6) is 5.75 Å². The van der Waals surface area contributed by atoms with Gasteiger partial charge in [0.25, 0.3) is 0 Å². The molecule has 0 saturated heterocycles. The van der Waals surface area contributed by atoms with Crippen molar-refractivity contribution in [3.05, 3.63) is 30.3 Å². The van der Waals surface area contributed by atoms with Gasteiger partial charge in [0, 0.05) is 0 Å². The Morgan fingerprint density at radius 3 is 2.41 bits per heavy atom. The maximum Gasteiger partial charge on any atom is 0.332 e. The normalized spacial score (nSPS) is 12.0. The van der Waals surface area contributed by atoms with Crippen LogP contribution in [0.3, 0.4) is 0 Å². The van der Waals surface area contributed by atoms with Crippen molar-refractivity contribution in [3.63, 3.8) is 0 Å². The van der Waals surface area contributed by atoms with E-state index >= 15 is 0 Å². The summed E-state index contributed by atoms with van der Waals surface area (Å²) in [5.74, 6) is -0.109. The van der Waals surface area contributed by atoms with Crippen molar-refractivity contribution in [3.8, 4) is 5.75 Å². The van der Waals surface area contributed by atoms with Crippen molar-refractivity contribution in [1.82, 2.24) is 0 Å². The largest absolute Gasteiger partial charge is 0.491 e. The second-order valence-corrected chi connectivity index (χ2v) is 5.42. The van der Waals surface area contributed by atoms with Crippen molar-refractivity contribution in [2.75, 3.05) is 13.2 Å². The molecule has 0 spiro atoms. The van der Waals surface area contributed by atoms with Crippen LogP contribution < -0.4 is 4.74 Å². The van der Waals surface area contributed by atoms with Gasteiger partial charge in [-0.2, -0.15) is 0 Å². The molecular formula is C18H28O4. The third-order valence-corrected chi connectivity index (χ3v) is 3.51. The van der Waals surface area contributed by atoms with Crippen LogP contribution in [0.15, 0.2) is 30.3 Å². The Morgan fingerprint density at radius 2 is 1.73 bits per heavy atom. The van der Waals surface area contributed by atoms with E-state index < -0.39 is 12.1 Å². The van der Waals surface area contributed by atoms with Gasteiger partial charge in [0.1, 0.15) is 12.4 Å². The Balaban J connectivity index is 2.11. The van der Waals surface area contributed by atoms with E-state index in [4.69, 9.17) is 14.6 Å². The van der Waals surface area contributed by atoms with Crippen LogP contribution in [0.1, 0.15) is 51.9 Å². The summed E-state index contributed by atoms with van der Waals surface area (Å²) in [6.07, 6.45) is 6.74. The first-order chi connectivity index (χ1) is 10.7. The van der Waals surface area contributed by atoms with Crippen LogP contribution >= 0.6 is 0 Å². The molecule has 4 nitrogen and oxygen atoms in total. The lowest BCUT2D eigenvalue weighted by Crippen LogP contribution is -2.26. The van der Waals surface area contributed by atoms with Gasteiger partial charge in [-0.15, -0.1) is 0 Å². The fraction of sp³-hybridized carbons (Fsp3) is 0.611. The summed E-state index contributed by atoms with van der Waals surface area (Å²) in [5, 5.41) is 9.16. The first-order valence-electron chi connectivity index (χ1n) is 8.26. The van der Waals surface area contributed by atoms with Gasteiger partial charge < -0.3 is 14.6 Å². The molecule has 124 valence electrons. The molecule has 1 unspecified atom stereocenters. The van der Waals surface area contributed by atoms with Crippen LogP contribution in [-0.2, 0) is 9.53 Å². The molecule has 0 aromatic heterocycles. The van der Waals surface area contributed by atoms with Gasteiger partial charge in [-0.25, -0.2) is 4.79 Å². The number of carboxylic acid groups (broad SMARTS) is 1. The summed E-state index contributed by atoms with van der Waals surface area (Å²) >= 11 is 0. The number of hydrogen-bond acceptors (Lipinski definition) is 3. The molecular weight excluding hydrogens is 280 g/mol. The summed E-state index contributed by atoms with van der Waals surface area (Å²) in [6, 6.07) is 9.45. The SMILES string of the molecule is CCCCCCCCC(OCCOc1ccccc1)C(=O)O. The van der Waals surface area contributed by atoms with E-state index in [1.165, 1.54) is 25.7 Å². The molecule has 1 atom stereocenters. The van der Waals surface area contributed by atoms with Gasteiger partial charge in [0.05, 0.1) is 6.61 Å². The lowest BCUT2D eigenvalue weighted by molar-refractivity contribution is -0.151. The average Bonchev–Trinajstić information content (AvgIpc) is 2.53. The number of hydrogen-bond donors (Lipinski definition) is 1. The van der Waals surface area contributed by atoms with E-state index in [9.17, 15) is 4.79 Å². The minimum Gasteiger partial charge on any atom is -0.491 e. The smallest absolute Gasteiger partial charge is 0.332 e. The minimum absolute atomic E-state index is 0.293. The van der Waals surface area contributed by atoms with Crippen LogP contribution in [0.2, 0.25) is 0 Å². The molecule has 0 heterocycles. The predicted octanol–water partition coefficient (Wildman–Crippen LogP) is 4.29. The molecule has 22 heavy (non-hydrogen) atoms. The number of ether oxygens (including phenoxy) is 2. The van der Waals surface area contributed by atoms with Gasteiger partial charge in [-0.05, 0) is 18.6 Å². The molecule has 0 aliphatic heterocycles. The molecule has 0 aliphatic rings.